The van der Waals surface area contributed by atoms with E-state index in [1.54, 1.807) is 36.1 Å². The van der Waals surface area contributed by atoms with Crippen LogP contribution >= 0.6 is 0 Å². The molecule has 0 bridgehead atoms. The summed E-state index contributed by atoms with van der Waals surface area (Å²) in [6, 6.07) is 8.82. The number of pyridine rings is 1. The molecule has 0 spiro atoms. The molecule has 3 aromatic heterocycles. The minimum Gasteiger partial charge on any atom is -0.332 e. The Labute approximate surface area is 159 Å². The van der Waals surface area contributed by atoms with Gasteiger partial charge in [0, 0.05) is 19.8 Å². The second-order valence-corrected chi connectivity index (χ2v) is 6.99. The summed E-state index contributed by atoms with van der Waals surface area (Å²) in [4.78, 5) is 43.7. The first-order valence-electron chi connectivity index (χ1n) is 9.20. The maximum absolute atomic E-state index is 12.8. The lowest BCUT2D eigenvalue weighted by molar-refractivity contribution is 0.637. The van der Waals surface area contributed by atoms with E-state index in [4.69, 9.17) is 0 Å². The van der Waals surface area contributed by atoms with Crippen LogP contribution in [0.4, 0.5) is 5.95 Å². The number of aromatic amines is 1. The van der Waals surface area contributed by atoms with Gasteiger partial charge in [-0.3, -0.25) is 19.1 Å². The number of nitrogens with one attached hydrogen (secondary N) is 1. The molecule has 1 unspecified atom stereocenters. The monoisotopic (exact) mass is 374 g/mol. The van der Waals surface area contributed by atoms with Crippen LogP contribution in [-0.4, -0.2) is 31.0 Å². The summed E-state index contributed by atoms with van der Waals surface area (Å²) in [6.45, 7) is 0.729. The molecule has 4 aromatic rings. The topological polar surface area (TPSA) is 96.8 Å². The van der Waals surface area contributed by atoms with E-state index >= 15 is 0 Å². The van der Waals surface area contributed by atoms with Crippen LogP contribution in [0.15, 0.2) is 52.3 Å². The zero-order valence-corrected chi connectivity index (χ0v) is 15.3. The predicted octanol–water partition coefficient (Wildman–Crippen LogP) is 1.91. The third kappa shape index (κ3) is 2.49. The van der Waals surface area contributed by atoms with Crippen LogP contribution in [0.3, 0.4) is 0 Å². The maximum Gasteiger partial charge on any atom is 0.262 e. The van der Waals surface area contributed by atoms with Gasteiger partial charge in [-0.15, -0.1) is 0 Å². The van der Waals surface area contributed by atoms with Crippen molar-refractivity contribution >= 4 is 27.8 Å². The number of fused-ring (bicyclic) bond motifs is 2. The van der Waals surface area contributed by atoms with Crippen molar-refractivity contribution in [2.75, 3.05) is 11.4 Å². The van der Waals surface area contributed by atoms with Gasteiger partial charge >= 0.3 is 0 Å². The van der Waals surface area contributed by atoms with Crippen LogP contribution in [0, 0.1) is 0 Å². The Morgan fingerprint density at radius 3 is 2.82 bits per heavy atom. The Hall–Kier alpha value is -3.55. The molecule has 0 saturated carbocycles. The fourth-order valence-electron chi connectivity index (χ4n) is 3.92. The van der Waals surface area contributed by atoms with Crippen molar-refractivity contribution < 1.29 is 0 Å². The van der Waals surface area contributed by atoms with Gasteiger partial charge in [0.15, 0.2) is 0 Å². The molecule has 28 heavy (non-hydrogen) atoms. The minimum atomic E-state index is -0.156. The average Bonchev–Trinajstić information content (AvgIpc) is 3.20. The van der Waals surface area contributed by atoms with Crippen molar-refractivity contribution in [3.05, 3.63) is 69.3 Å². The second kappa shape index (κ2) is 6.26. The standard InChI is InChI=1S/C20H18N6O2/c1-25-19(28)13-8-9-21-11-15(13)23-20(25)26-10-4-7-16(26)17-22-14-6-3-2-5-12(14)18(27)24-17/h2-3,5-6,8-9,11,16H,4,7,10H2,1H3,(H,22,24,27). The molecule has 1 N–H and O–H groups in total. The zero-order valence-electron chi connectivity index (χ0n) is 15.3. The third-order valence-corrected chi connectivity index (χ3v) is 5.31. The normalized spacial score (nSPS) is 16.9. The molecule has 1 aliphatic heterocycles. The van der Waals surface area contributed by atoms with E-state index in [1.165, 1.54) is 0 Å². The van der Waals surface area contributed by atoms with E-state index in [0.717, 1.165) is 19.4 Å². The molecule has 8 heteroatoms. The van der Waals surface area contributed by atoms with Crippen LogP contribution in [-0.2, 0) is 7.05 Å². The highest BCUT2D eigenvalue weighted by Crippen LogP contribution is 2.33. The molecule has 1 atom stereocenters. The van der Waals surface area contributed by atoms with Gasteiger partial charge in [-0.1, -0.05) is 12.1 Å². The highest BCUT2D eigenvalue weighted by atomic mass is 16.1. The van der Waals surface area contributed by atoms with Gasteiger partial charge in [0.25, 0.3) is 11.1 Å². The number of rotatable bonds is 2. The van der Waals surface area contributed by atoms with Gasteiger partial charge in [0.1, 0.15) is 5.82 Å². The third-order valence-electron chi connectivity index (χ3n) is 5.31. The molecule has 4 heterocycles. The van der Waals surface area contributed by atoms with Crippen molar-refractivity contribution in [2.45, 2.75) is 18.9 Å². The first-order valence-corrected chi connectivity index (χ1v) is 9.20. The largest absolute Gasteiger partial charge is 0.332 e. The highest BCUT2D eigenvalue weighted by Gasteiger charge is 2.31. The summed E-state index contributed by atoms with van der Waals surface area (Å²) < 4.78 is 1.56. The number of aromatic nitrogens is 5. The molecule has 140 valence electrons. The highest BCUT2D eigenvalue weighted by molar-refractivity contribution is 5.78. The fraction of sp³-hybridized carbons (Fsp3) is 0.250. The number of hydrogen-bond donors (Lipinski definition) is 1. The van der Waals surface area contributed by atoms with Gasteiger partial charge in [-0.05, 0) is 31.0 Å². The molecule has 5 rings (SSSR count). The van der Waals surface area contributed by atoms with E-state index in [2.05, 4.69) is 19.9 Å². The summed E-state index contributed by atoms with van der Waals surface area (Å²) >= 11 is 0. The summed E-state index contributed by atoms with van der Waals surface area (Å²) in [5.41, 5.74) is 0.953. The first-order chi connectivity index (χ1) is 13.6. The average molecular weight is 374 g/mol. The smallest absolute Gasteiger partial charge is 0.262 e. The predicted molar refractivity (Wildman–Crippen MR) is 106 cm³/mol. The number of anilines is 1. The summed E-state index contributed by atoms with van der Waals surface area (Å²) in [5.74, 6) is 1.16. The zero-order chi connectivity index (χ0) is 19.3. The van der Waals surface area contributed by atoms with Gasteiger partial charge in [-0.2, -0.15) is 0 Å². The number of nitrogens with zero attached hydrogens (tertiary/aromatic N) is 5. The molecular formula is C20H18N6O2. The van der Waals surface area contributed by atoms with Crippen molar-refractivity contribution in [1.82, 2.24) is 24.5 Å². The van der Waals surface area contributed by atoms with Crippen LogP contribution < -0.4 is 16.0 Å². The van der Waals surface area contributed by atoms with Gasteiger partial charge < -0.3 is 9.88 Å². The van der Waals surface area contributed by atoms with E-state index in [9.17, 15) is 9.59 Å². The summed E-state index contributed by atoms with van der Waals surface area (Å²) in [6.07, 6.45) is 4.93. The van der Waals surface area contributed by atoms with Crippen molar-refractivity contribution in [1.29, 1.82) is 0 Å². The van der Waals surface area contributed by atoms with E-state index in [-0.39, 0.29) is 17.2 Å². The number of benzene rings is 1. The Morgan fingerprint density at radius 2 is 1.93 bits per heavy atom. The van der Waals surface area contributed by atoms with Crippen molar-refractivity contribution in [3.63, 3.8) is 0 Å². The van der Waals surface area contributed by atoms with Crippen molar-refractivity contribution in [2.24, 2.45) is 7.05 Å². The Balaban J connectivity index is 1.66. The quantitative estimate of drug-likeness (QED) is 0.576. The van der Waals surface area contributed by atoms with Crippen LogP contribution in [0.5, 0.6) is 0 Å². The SMILES string of the molecule is Cn1c(N2CCCC2c2nc3ccccc3c(=O)[nH]2)nc2cnccc2c1=O. The maximum atomic E-state index is 12.8. The molecule has 0 radical (unpaired) electrons. The fourth-order valence-corrected chi connectivity index (χ4v) is 3.92. The molecule has 8 nitrogen and oxygen atoms in total. The number of hydrogen-bond acceptors (Lipinski definition) is 6. The number of H-pyrrole nitrogens is 1. The van der Waals surface area contributed by atoms with Crippen molar-refractivity contribution in [3.8, 4) is 0 Å². The van der Waals surface area contributed by atoms with Crippen LogP contribution in [0.2, 0.25) is 0 Å². The van der Waals surface area contributed by atoms with E-state index < -0.39 is 0 Å². The lowest BCUT2D eigenvalue weighted by Gasteiger charge is -2.26. The Morgan fingerprint density at radius 1 is 1.07 bits per heavy atom. The summed E-state index contributed by atoms with van der Waals surface area (Å²) in [5, 5.41) is 1.10. The molecular weight excluding hydrogens is 356 g/mol. The molecule has 0 aliphatic carbocycles. The Bertz CT molecular complexity index is 1330. The molecule has 0 amide bonds. The van der Waals surface area contributed by atoms with Crippen LogP contribution in [0.25, 0.3) is 21.8 Å². The second-order valence-electron chi connectivity index (χ2n) is 6.99. The molecule has 1 aromatic carbocycles. The first kappa shape index (κ1) is 16.6. The van der Waals surface area contributed by atoms with Gasteiger partial charge in [0.2, 0.25) is 5.95 Å². The van der Waals surface area contributed by atoms with E-state index in [0.29, 0.717) is 33.6 Å². The molecule has 1 aliphatic rings. The van der Waals surface area contributed by atoms with Crippen LogP contribution in [0.1, 0.15) is 24.7 Å². The number of para-hydroxylation sites is 1. The van der Waals surface area contributed by atoms with E-state index in [1.807, 2.05) is 23.1 Å². The lowest BCUT2D eigenvalue weighted by atomic mass is 10.2. The molecule has 1 saturated heterocycles. The van der Waals surface area contributed by atoms with Gasteiger partial charge in [-0.25, -0.2) is 9.97 Å². The molecule has 1 fully saturated rings. The summed E-state index contributed by atoms with van der Waals surface area (Å²) in [7, 11) is 1.72. The van der Waals surface area contributed by atoms with Gasteiger partial charge in [0.05, 0.1) is 34.0 Å². The minimum absolute atomic E-state index is 0.118. The Kier molecular flexibility index (Phi) is 3.71. The lowest BCUT2D eigenvalue weighted by Crippen LogP contribution is -2.33.